The highest BCUT2D eigenvalue weighted by Crippen LogP contribution is 2.29. The Morgan fingerprint density at radius 3 is 2.67 bits per heavy atom. The molecule has 0 saturated heterocycles. The molecule has 2 nitrogen and oxygen atoms in total. The molecule has 1 aliphatic carbocycles. The summed E-state index contributed by atoms with van der Waals surface area (Å²) < 4.78 is 0. The van der Waals surface area contributed by atoms with Gasteiger partial charge in [-0.05, 0) is 60.4 Å². The topological polar surface area (TPSA) is 41.8 Å². The van der Waals surface area contributed by atoms with Crippen molar-refractivity contribution < 1.29 is 0 Å². The summed E-state index contributed by atoms with van der Waals surface area (Å²) in [5.41, 5.74) is 11.9. The fourth-order valence-corrected chi connectivity index (χ4v) is 2.91. The number of nitrogens with two attached hydrogens (primary N) is 1. The number of fused-ring (bicyclic) bond motifs is 2. The van der Waals surface area contributed by atoms with Crippen LogP contribution < -0.4 is 5.73 Å². The summed E-state index contributed by atoms with van der Waals surface area (Å²) in [7, 11) is 0. The largest absolute Gasteiger partial charge is 0.361 e. The highest BCUT2D eigenvalue weighted by Gasteiger charge is 2.16. The van der Waals surface area contributed by atoms with Crippen LogP contribution in [0.3, 0.4) is 0 Å². The number of H-pyrrole nitrogens is 1. The van der Waals surface area contributed by atoms with Crippen LogP contribution >= 0.6 is 0 Å². The Bertz CT molecular complexity index is 566. The maximum atomic E-state index is 6.20. The monoisotopic (exact) mass is 242 g/mol. The second-order valence-electron chi connectivity index (χ2n) is 5.95. The van der Waals surface area contributed by atoms with Crippen molar-refractivity contribution in [1.29, 1.82) is 0 Å². The lowest BCUT2D eigenvalue weighted by molar-refractivity contribution is 0.491. The third-order valence-electron chi connectivity index (χ3n) is 4.29. The molecule has 3 rings (SSSR count). The van der Waals surface area contributed by atoms with Gasteiger partial charge in [-0.15, -0.1) is 0 Å². The highest BCUT2D eigenvalue weighted by atomic mass is 14.7. The second-order valence-corrected chi connectivity index (χ2v) is 5.95. The van der Waals surface area contributed by atoms with Gasteiger partial charge in [-0.1, -0.05) is 13.8 Å². The number of aryl methyl sites for hydroxylation is 2. The van der Waals surface area contributed by atoms with Crippen LogP contribution in [0.4, 0.5) is 0 Å². The maximum Gasteiger partial charge on any atom is 0.0459 e. The molecule has 1 aliphatic rings. The van der Waals surface area contributed by atoms with Gasteiger partial charge in [0.2, 0.25) is 0 Å². The van der Waals surface area contributed by atoms with Crippen LogP contribution in [0.1, 0.15) is 37.0 Å². The fourth-order valence-electron chi connectivity index (χ4n) is 2.91. The summed E-state index contributed by atoms with van der Waals surface area (Å²) in [6.45, 7) is 4.38. The maximum absolute atomic E-state index is 6.20. The number of nitrogens with one attached hydrogen (secondary N) is 1. The molecular formula is C16H22N2. The number of aromatic amines is 1. The Balaban J connectivity index is 1.98. The molecule has 0 saturated carbocycles. The minimum atomic E-state index is 0.247. The van der Waals surface area contributed by atoms with Crippen molar-refractivity contribution in [3.05, 3.63) is 35.0 Å². The van der Waals surface area contributed by atoms with E-state index in [9.17, 15) is 0 Å². The standard InChI is InChI=1S/C16H22N2/c1-10(2)15(17)7-13-9-18-16-8-12-5-3-4-11(12)6-14(13)16/h6,8-10,15,18H,3-5,7,17H2,1-2H3. The molecule has 0 radical (unpaired) electrons. The van der Waals surface area contributed by atoms with Crippen molar-refractivity contribution in [2.75, 3.05) is 0 Å². The lowest BCUT2D eigenvalue weighted by Gasteiger charge is -2.14. The number of hydrogen-bond donors (Lipinski definition) is 2. The van der Waals surface area contributed by atoms with E-state index in [1.165, 1.54) is 41.3 Å². The lowest BCUT2D eigenvalue weighted by Crippen LogP contribution is -2.28. The minimum absolute atomic E-state index is 0.247. The van der Waals surface area contributed by atoms with E-state index in [1.54, 1.807) is 5.56 Å². The average Bonchev–Trinajstić information content (AvgIpc) is 2.93. The lowest BCUT2D eigenvalue weighted by atomic mass is 9.96. The Labute approximate surface area is 109 Å². The van der Waals surface area contributed by atoms with Crippen molar-refractivity contribution >= 4 is 10.9 Å². The predicted molar refractivity (Wildman–Crippen MR) is 76.8 cm³/mol. The summed E-state index contributed by atoms with van der Waals surface area (Å²) in [4.78, 5) is 3.41. The van der Waals surface area contributed by atoms with Gasteiger partial charge in [0, 0.05) is 23.1 Å². The summed E-state index contributed by atoms with van der Waals surface area (Å²) >= 11 is 0. The van der Waals surface area contributed by atoms with Gasteiger partial charge in [-0.25, -0.2) is 0 Å². The van der Waals surface area contributed by atoms with E-state index >= 15 is 0 Å². The van der Waals surface area contributed by atoms with Gasteiger partial charge < -0.3 is 10.7 Å². The van der Waals surface area contributed by atoms with Gasteiger partial charge in [0.25, 0.3) is 0 Å². The molecule has 1 heterocycles. The number of hydrogen-bond acceptors (Lipinski definition) is 1. The van der Waals surface area contributed by atoms with Gasteiger partial charge in [-0.2, -0.15) is 0 Å². The molecule has 0 spiro atoms. The molecule has 1 aromatic heterocycles. The van der Waals surface area contributed by atoms with Crippen LogP contribution in [0, 0.1) is 5.92 Å². The molecule has 0 amide bonds. The minimum Gasteiger partial charge on any atom is -0.361 e. The SMILES string of the molecule is CC(C)C(N)Cc1c[nH]c2cc3c(cc12)CCC3. The van der Waals surface area contributed by atoms with E-state index in [1.807, 2.05) is 0 Å². The number of rotatable bonds is 3. The molecule has 1 aromatic carbocycles. The van der Waals surface area contributed by atoms with E-state index < -0.39 is 0 Å². The van der Waals surface area contributed by atoms with Crippen LogP contribution in [0.25, 0.3) is 10.9 Å². The van der Waals surface area contributed by atoms with Crippen molar-refractivity contribution in [3.63, 3.8) is 0 Å². The molecule has 0 aliphatic heterocycles. The molecule has 2 aromatic rings. The Kier molecular flexibility index (Phi) is 2.90. The normalized spacial score (nSPS) is 16.4. The molecule has 0 fully saturated rings. The molecule has 0 bridgehead atoms. The van der Waals surface area contributed by atoms with E-state index in [0.29, 0.717) is 5.92 Å². The van der Waals surface area contributed by atoms with Crippen molar-refractivity contribution in [3.8, 4) is 0 Å². The first-order valence-corrected chi connectivity index (χ1v) is 7.02. The third kappa shape index (κ3) is 1.95. The van der Waals surface area contributed by atoms with Crippen LogP contribution in [0.2, 0.25) is 0 Å². The van der Waals surface area contributed by atoms with E-state index in [2.05, 4.69) is 37.2 Å². The second kappa shape index (κ2) is 4.43. The Morgan fingerprint density at radius 1 is 1.22 bits per heavy atom. The molecule has 3 N–H and O–H groups in total. The number of aromatic nitrogens is 1. The first kappa shape index (κ1) is 11.8. The first-order valence-electron chi connectivity index (χ1n) is 7.02. The highest BCUT2D eigenvalue weighted by molar-refractivity contribution is 5.85. The predicted octanol–water partition coefficient (Wildman–Crippen LogP) is 3.18. The van der Waals surface area contributed by atoms with Gasteiger partial charge in [0.1, 0.15) is 0 Å². The molecule has 18 heavy (non-hydrogen) atoms. The molecule has 1 atom stereocenters. The first-order chi connectivity index (χ1) is 8.65. The Hall–Kier alpha value is -1.28. The molecule has 1 unspecified atom stereocenters. The molecule has 2 heteroatoms. The smallest absolute Gasteiger partial charge is 0.0459 e. The van der Waals surface area contributed by atoms with Crippen LogP contribution in [0.15, 0.2) is 18.3 Å². The molecular weight excluding hydrogens is 220 g/mol. The number of benzene rings is 1. The summed E-state index contributed by atoms with van der Waals surface area (Å²) in [5, 5.41) is 1.38. The zero-order valence-corrected chi connectivity index (χ0v) is 11.3. The van der Waals surface area contributed by atoms with E-state index in [4.69, 9.17) is 5.73 Å². The van der Waals surface area contributed by atoms with Crippen LogP contribution in [0.5, 0.6) is 0 Å². The van der Waals surface area contributed by atoms with Crippen molar-refractivity contribution in [1.82, 2.24) is 4.98 Å². The average molecular weight is 242 g/mol. The van der Waals surface area contributed by atoms with Gasteiger partial charge in [-0.3, -0.25) is 0 Å². The van der Waals surface area contributed by atoms with Crippen LogP contribution in [-0.2, 0) is 19.3 Å². The van der Waals surface area contributed by atoms with Crippen molar-refractivity contribution in [2.24, 2.45) is 11.7 Å². The van der Waals surface area contributed by atoms with Crippen molar-refractivity contribution in [2.45, 2.75) is 45.6 Å². The van der Waals surface area contributed by atoms with E-state index in [0.717, 1.165) is 6.42 Å². The van der Waals surface area contributed by atoms with Crippen LogP contribution in [-0.4, -0.2) is 11.0 Å². The Morgan fingerprint density at radius 2 is 1.94 bits per heavy atom. The van der Waals surface area contributed by atoms with Gasteiger partial charge in [0.15, 0.2) is 0 Å². The quantitative estimate of drug-likeness (QED) is 0.852. The van der Waals surface area contributed by atoms with E-state index in [-0.39, 0.29) is 6.04 Å². The summed E-state index contributed by atoms with van der Waals surface area (Å²) in [5.74, 6) is 0.532. The fraction of sp³-hybridized carbons (Fsp3) is 0.500. The summed E-state index contributed by atoms with van der Waals surface area (Å²) in [6, 6.07) is 4.97. The van der Waals surface area contributed by atoms with Gasteiger partial charge in [0.05, 0.1) is 0 Å². The zero-order valence-electron chi connectivity index (χ0n) is 11.3. The molecule has 96 valence electrons. The summed E-state index contributed by atoms with van der Waals surface area (Å²) in [6.07, 6.45) is 6.90. The third-order valence-corrected chi connectivity index (χ3v) is 4.29. The zero-order chi connectivity index (χ0) is 12.7. The van der Waals surface area contributed by atoms with Gasteiger partial charge >= 0.3 is 0 Å².